The van der Waals surface area contributed by atoms with Crippen LogP contribution in [0.4, 0.5) is 0 Å². The van der Waals surface area contributed by atoms with Crippen molar-refractivity contribution in [2.24, 2.45) is 17.8 Å². The largest absolute Gasteiger partial charge is 0.454 e. The van der Waals surface area contributed by atoms with Crippen molar-refractivity contribution in [3.63, 3.8) is 0 Å². The molecule has 3 rings (SSSR count). The number of carbonyl (C=O) groups is 1. The second-order valence-electron chi connectivity index (χ2n) is 6.34. The minimum atomic E-state index is -1.11. The first-order valence-corrected chi connectivity index (χ1v) is 6.81. The molecule has 0 spiro atoms. The fourth-order valence-corrected chi connectivity index (χ4v) is 3.92. The zero-order chi connectivity index (χ0) is 13.9. The Bertz CT molecular complexity index is 477. The highest BCUT2D eigenvalue weighted by Gasteiger charge is 2.54. The molecule has 2 fully saturated rings. The second kappa shape index (κ2) is 3.93. The molecule has 2 aliphatic carbocycles. The van der Waals surface area contributed by atoms with Crippen LogP contribution in [0.15, 0.2) is 23.8 Å². The van der Waals surface area contributed by atoms with Crippen LogP contribution < -0.4 is 0 Å². The monoisotopic (exact) mass is 264 g/mol. The Morgan fingerprint density at radius 1 is 1.42 bits per heavy atom. The molecule has 6 atom stereocenters. The van der Waals surface area contributed by atoms with Gasteiger partial charge in [0.1, 0.15) is 6.10 Å². The zero-order valence-electron chi connectivity index (χ0n) is 11.3. The number of aliphatic hydroxyl groups is 2. The maximum Gasteiger partial charge on any atom is 0.334 e. The Balaban J connectivity index is 2.00. The molecule has 0 bridgehead atoms. The number of carbonyl (C=O) groups excluding carboxylic acids is 1. The van der Waals surface area contributed by atoms with Crippen molar-refractivity contribution < 1.29 is 19.7 Å². The van der Waals surface area contributed by atoms with Crippen molar-refractivity contribution in [2.75, 3.05) is 0 Å². The van der Waals surface area contributed by atoms with Crippen molar-refractivity contribution >= 4 is 5.97 Å². The van der Waals surface area contributed by atoms with Crippen molar-refractivity contribution in [3.8, 4) is 0 Å². The highest BCUT2D eigenvalue weighted by molar-refractivity contribution is 5.91. The highest BCUT2D eigenvalue weighted by atomic mass is 16.5. The molecule has 1 saturated carbocycles. The molecule has 0 radical (unpaired) electrons. The molecule has 19 heavy (non-hydrogen) atoms. The number of aliphatic hydroxyl groups excluding tert-OH is 1. The Morgan fingerprint density at radius 3 is 2.79 bits per heavy atom. The summed E-state index contributed by atoms with van der Waals surface area (Å²) in [6.45, 7) is 7.50. The van der Waals surface area contributed by atoms with Crippen LogP contribution in [0.5, 0.6) is 0 Å². The first kappa shape index (κ1) is 12.9. The average molecular weight is 264 g/mol. The Hall–Kier alpha value is -1.13. The predicted molar refractivity (Wildman–Crippen MR) is 69.1 cm³/mol. The van der Waals surface area contributed by atoms with Gasteiger partial charge in [0.25, 0.3) is 0 Å². The van der Waals surface area contributed by atoms with E-state index in [-0.39, 0.29) is 29.8 Å². The van der Waals surface area contributed by atoms with Gasteiger partial charge in [0.2, 0.25) is 0 Å². The number of ether oxygens (including phenoxy) is 1. The number of hydrogen-bond donors (Lipinski definition) is 2. The Kier molecular flexibility index (Phi) is 2.67. The van der Waals surface area contributed by atoms with Crippen molar-refractivity contribution in [2.45, 2.75) is 44.5 Å². The van der Waals surface area contributed by atoms with Gasteiger partial charge >= 0.3 is 5.97 Å². The van der Waals surface area contributed by atoms with Gasteiger partial charge in [-0.05, 0) is 44.6 Å². The van der Waals surface area contributed by atoms with Crippen LogP contribution in [0.3, 0.4) is 0 Å². The van der Waals surface area contributed by atoms with Crippen LogP contribution in [0, 0.1) is 17.8 Å². The maximum absolute atomic E-state index is 11.6. The summed E-state index contributed by atoms with van der Waals surface area (Å²) in [5.74, 6) is -0.313. The second-order valence-corrected chi connectivity index (χ2v) is 6.34. The molecule has 3 aliphatic rings. The smallest absolute Gasteiger partial charge is 0.334 e. The normalized spacial score (nSPS) is 49.3. The van der Waals surface area contributed by atoms with Gasteiger partial charge in [-0.2, -0.15) is 0 Å². The lowest BCUT2D eigenvalue weighted by molar-refractivity contribution is -0.137. The summed E-state index contributed by atoms with van der Waals surface area (Å²) in [5, 5.41) is 20.6. The number of hydrogen-bond acceptors (Lipinski definition) is 4. The van der Waals surface area contributed by atoms with Gasteiger partial charge in [0.05, 0.1) is 11.7 Å². The van der Waals surface area contributed by atoms with Gasteiger partial charge in [-0.25, -0.2) is 4.79 Å². The van der Waals surface area contributed by atoms with E-state index in [4.69, 9.17) is 4.74 Å². The fourth-order valence-electron chi connectivity index (χ4n) is 3.92. The molecule has 4 heteroatoms. The molecule has 0 aromatic rings. The number of fused-ring (bicyclic) bond motifs is 2. The van der Waals surface area contributed by atoms with E-state index in [0.717, 1.165) is 5.57 Å². The molecule has 0 unspecified atom stereocenters. The molecular weight excluding hydrogens is 244 g/mol. The molecule has 1 aliphatic heterocycles. The molecule has 104 valence electrons. The van der Waals surface area contributed by atoms with Gasteiger partial charge in [-0.15, -0.1) is 0 Å². The fraction of sp³-hybridized carbons (Fsp3) is 0.667. The SMILES string of the molecule is C=C1C(=O)O[C@H]2C=C(C)[C@@H]3C[C@@H](O)[C@@](C)(O)[C@@H]3C[C@H]12. The third kappa shape index (κ3) is 1.70. The molecule has 0 amide bonds. The maximum atomic E-state index is 11.6. The first-order chi connectivity index (χ1) is 8.82. The van der Waals surface area contributed by atoms with Crippen LogP contribution >= 0.6 is 0 Å². The Morgan fingerprint density at radius 2 is 2.11 bits per heavy atom. The molecule has 4 nitrogen and oxygen atoms in total. The van der Waals surface area contributed by atoms with Crippen LogP contribution in [0.25, 0.3) is 0 Å². The molecule has 0 aromatic carbocycles. The van der Waals surface area contributed by atoms with Crippen LogP contribution in [-0.4, -0.2) is 34.0 Å². The van der Waals surface area contributed by atoms with Gasteiger partial charge in [0.15, 0.2) is 0 Å². The summed E-state index contributed by atoms with van der Waals surface area (Å²) >= 11 is 0. The summed E-state index contributed by atoms with van der Waals surface area (Å²) in [4.78, 5) is 11.6. The first-order valence-electron chi connectivity index (χ1n) is 6.81. The predicted octanol–water partition coefficient (Wildman–Crippen LogP) is 1.18. The minimum absolute atomic E-state index is 0.0556. The van der Waals surface area contributed by atoms with E-state index in [9.17, 15) is 15.0 Å². The molecule has 1 saturated heterocycles. The number of esters is 1. The minimum Gasteiger partial charge on any atom is -0.454 e. The molecule has 2 N–H and O–H groups in total. The topological polar surface area (TPSA) is 66.8 Å². The number of allylic oxidation sites excluding steroid dienone is 1. The van der Waals surface area contributed by atoms with E-state index in [1.807, 2.05) is 13.0 Å². The van der Waals surface area contributed by atoms with Gasteiger partial charge < -0.3 is 14.9 Å². The quantitative estimate of drug-likeness (QED) is 0.392. The van der Waals surface area contributed by atoms with Gasteiger partial charge in [-0.1, -0.05) is 12.2 Å². The molecule has 1 heterocycles. The number of rotatable bonds is 0. The molecule has 0 aromatic heterocycles. The summed E-state index contributed by atoms with van der Waals surface area (Å²) in [6, 6.07) is 0. The zero-order valence-corrected chi connectivity index (χ0v) is 11.3. The van der Waals surface area contributed by atoms with Crippen LogP contribution in [0.2, 0.25) is 0 Å². The summed E-state index contributed by atoms with van der Waals surface area (Å²) < 4.78 is 5.33. The van der Waals surface area contributed by atoms with E-state index in [2.05, 4.69) is 6.58 Å². The van der Waals surface area contributed by atoms with E-state index >= 15 is 0 Å². The third-order valence-electron chi connectivity index (χ3n) is 5.26. The van der Waals surface area contributed by atoms with E-state index < -0.39 is 11.7 Å². The molecular formula is C15H20O4. The van der Waals surface area contributed by atoms with Crippen LogP contribution in [-0.2, 0) is 9.53 Å². The van der Waals surface area contributed by atoms with E-state index in [0.29, 0.717) is 18.4 Å². The summed E-state index contributed by atoms with van der Waals surface area (Å²) in [7, 11) is 0. The lowest BCUT2D eigenvalue weighted by Gasteiger charge is -2.32. The van der Waals surface area contributed by atoms with Crippen molar-refractivity contribution in [1.29, 1.82) is 0 Å². The van der Waals surface area contributed by atoms with Gasteiger partial charge in [-0.3, -0.25) is 0 Å². The lowest BCUT2D eigenvalue weighted by Crippen LogP contribution is -2.41. The van der Waals surface area contributed by atoms with Crippen LogP contribution in [0.1, 0.15) is 26.7 Å². The summed E-state index contributed by atoms with van der Waals surface area (Å²) in [6.07, 6.45) is 2.21. The van der Waals surface area contributed by atoms with Crippen molar-refractivity contribution in [1.82, 2.24) is 0 Å². The standard InChI is InChI=1S/C15H20O4/c1-7-4-12-10(8(2)14(17)19-12)5-11-9(7)6-13(16)15(11,3)18/h4,9-13,16,18H,2,5-6H2,1,3H3/t9-,10+,11+,12-,13+,15-/m0/s1. The van der Waals surface area contributed by atoms with E-state index in [1.54, 1.807) is 6.92 Å². The summed E-state index contributed by atoms with van der Waals surface area (Å²) in [5.41, 5.74) is 0.476. The average Bonchev–Trinajstić information content (AvgIpc) is 2.64. The van der Waals surface area contributed by atoms with Gasteiger partial charge in [0, 0.05) is 11.5 Å². The van der Waals surface area contributed by atoms with Crippen molar-refractivity contribution in [3.05, 3.63) is 23.8 Å². The highest BCUT2D eigenvalue weighted by Crippen LogP contribution is 2.51. The third-order valence-corrected chi connectivity index (χ3v) is 5.26. The van der Waals surface area contributed by atoms with E-state index in [1.165, 1.54) is 0 Å². The Labute approximate surface area is 112 Å². The lowest BCUT2D eigenvalue weighted by atomic mass is 9.78.